The zero-order valence-corrected chi connectivity index (χ0v) is 10.7. The second-order valence-corrected chi connectivity index (χ2v) is 4.93. The first-order chi connectivity index (χ1) is 8.86. The number of hydrogen-bond acceptors (Lipinski definition) is 4. The minimum absolute atomic E-state index is 0.294. The molecule has 0 aromatic heterocycles. The predicted molar refractivity (Wildman–Crippen MR) is 68.4 cm³/mol. The van der Waals surface area contributed by atoms with Crippen molar-refractivity contribution in [3.8, 4) is 17.2 Å². The summed E-state index contributed by atoms with van der Waals surface area (Å²) >= 11 is 0. The molecule has 0 amide bonds. The molecule has 3 rings (SSSR count). The average molecular weight is 249 g/mol. The van der Waals surface area contributed by atoms with Crippen LogP contribution in [0.25, 0.3) is 0 Å². The van der Waals surface area contributed by atoms with E-state index < -0.39 is 0 Å². The lowest BCUT2D eigenvalue weighted by molar-refractivity contribution is 0.171. The molecule has 2 heterocycles. The van der Waals surface area contributed by atoms with Crippen LogP contribution in [0.2, 0.25) is 0 Å². The van der Waals surface area contributed by atoms with E-state index in [2.05, 4.69) is 17.4 Å². The summed E-state index contributed by atoms with van der Waals surface area (Å²) in [5, 5.41) is 3.40. The van der Waals surface area contributed by atoms with Gasteiger partial charge in [0.15, 0.2) is 11.5 Å². The summed E-state index contributed by atoms with van der Waals surface area (Å²) in [6.07, 6.45) is 3.59. The van der Waals surface area contributed by atoms with Gasteiger partial charge in [-0.25, -0.2) is 0 Å². The molecule has 2 aliphatic heterocycles. The summed E-state index contributed by atoms with van der Waals surface area (Å²) in [6.45, 7) is 2.56. The first kappa shape index (κ1) is 11.7. The van der Waals surface area contributed by atoms with Crippen LogP contribution in [0.3, 0.4) is 0 Å². The molecular weight excluding hydrogens is 230 g/mol. The topological polar surface area (TPSA) is 39.7 Å². The van der Waals surface area contributed by atoms with Crippen LogP contribution in [0.1, 0.15) is 18.4 Å². The fourth-order valence-corrected chi connectivity index (χ4v) is 2.72. The largest absolute Gasteiger partial charge is 0.493 e. The minimum Gasteiger partial charge on any atom is -0.493 e. The Labute approximate surface area is 107 Å². The van der Waals surface area contributed by atoms with Gasteiger partial charge in [0, 0.05) is 0 Å². The van der Waals surface area contributed by atoms with E-state index in [9.17, 15) is 0 Å². The van der Waals surface area contributed by atoms with Gasteiger partial charge in [0.1, 0.15) is 0 Å². The highest BCUT2D eigenvalue weighted by Gasteiger charge is 2.21. The Balaban J connectivity index is 1.79. The fourth-order valence-electron chi connectivity index (χ4n) is 2.72. The molecule has 0 atom stereocenters. The highest BCUT2D eigenvalue weighted by Crippen LogP contribution is 2.42. The summed E-state index contributed by atoms with van der Waals surface area (Å²) in [6, 6.07) is 4.17. The van der Waals surface area contributed by atoms with E-state index in [1.165, 1.54) is 18.4 Å². The second-order valence-electron chi connectivity index (χ2n) is 4.93. The standard InChI is InChI=1S/C14H19NO3/c1-16-12-7-11(6-10-2-4-15-5-3-10)8-13-14(12)18-9-17-13/h7-8,10,15H,2-6,9H2,1H3. The first-order valence-corrected chi connectivity index (χ1v) is 6.54. The van der Waals surface area contributed by atoms with Gasteiger partial charge in [-0.2, -0.15) is 0 Å². The Morgan fingerprint density at radius 2 is 2.11 bits per heavy atom. The number of hydrogen-bond donors (Lipinski definition) is 1. The van der Waals surface area contributed by atoms with Crippen molar-refractivity contribution in [2.45, 2.75) is 19.3 Å². The molecule has 1 saturated heterocycles. The highest BCUT2D eigenvalue weighted by atomic mass is 16.7. The van der Waals surface area contributed by atoms with Crippen molar-refractivity contribution in [2.75, 3.05) is 27.0 Å². The summed E-state index contributed by atoms with van der Waals surface area (Å²) < 4.78 is 16.2. The van der Waals surface area contributed by atoms with Crippen molar-refractivity contribution in [3.05, 3.63) is 17.7 Å². The fraction of sp³-hybridized carbons (Fsp3) is 0.571. The summed E-state index contributed by atoms with van der Waals surface area (Å²) in [5.41, 5.74) is 1.28. The maximum atomic E-state index is 5.46. The SMILES string of the molecule is COc1cc(CC2CCNCC2)cc2c1OCO2. The van der Waals surface area contributed by atoms with Crippen molar-refractivity contribution in [2.24, 2.45) is 5.92 Å². The normalized spacial score (nSPS) is 18.9. The van der Waals surface area contributed by atoms with Crippen LogP contribution in [0.5, 0.6) is 17.2 Å². The molecule has 2 aliphatic rings. The van der Waals surface area contributed by atoms with Crippen molar-refractivity contribution >= 4 is 0 Å². The van der Waals surface area contributed by atoms with E-state index in [0.717, 1.165) is 42.7 Å². The maximum Gasteiger partial charge on any atom is 0.231 e. The quantitative estimate of drug-likeness (QED) is 0.889. The Kier molecular flexibility index (Phi) is 3.28. The summed E-state index contributed by atoms with van der Waals surface area (Å²) in [7, 11) is 1.67. The molecule has 1 aromatic carbocycles. The Morgan fingerprint density at radius 1 is 1.28 bits per heavy atom. The summed E-state index contributed by atoms with van der Waals surface area (Å²) in [5.74, 6) is 3.11. The molecule has 4 heteroatoms. The number of methoxy groups -OCH3 is 1. The molecule has 0 radical (unpaired) electrons. The molecule has 4 nitrogen and oxygen atoms in total. The van der Waals surface area contributed by atoms with E-state index in [0.29, 0.717) is 6.79 Å². The Hall–Kier alpha value is -1.42. The third kappa shape index (κ3) is 2.25. The van der Waals surface area contributed by atoms with Gasteiger partial charge in [0.25, 0.3) is 0 Å². The van der Waals surface area contributed by atoms with E-state index >= 15 is 0 Å². The highest BCUT2D eigenvalue weighted by molar-refractivity contribution is 5.55. The molecule has 0 spiro atoms. The first-order valence-electron chi connectivity index (χ1n) is 6.54. The zero-order chi connectivity index (χ0) is 12.4. The number of nitrogens with one attached hydrogen (secondary N) is 1. The molecule has 1 aromatic rings. The molecule has 0 saturated carbocycles. The van der Waals surface area contributed by atoms with Crippen molar-refractivity contribution in [1.82, 2.24) is 5.32 Å². The lowest BCUT2D eigenvalue weighted by Crippen LogP contribution is -2.28. The molecule has 0 unspecified atom stereocenters. The lowest BCUT2D eigenvalue weighted by Gasteiger charge is -2.22. The number of piperidine rings is 1. The zero-order valence-electron chi connectivity index (χ0n) is 10.7. The van der Waals surface area contributed by atoms with Crippen LogP contribution in [0.15, 0.2) is 12.1 Å². The molecule has 1 N–H and O–H groups in total. The van der Waals surface area contributed by atoms with Crippen molar-refractivity contribution < 1.29 is 14.2 Å². The van der Waals surface area contributed by atoms with Crippen LogP contribution in [0, 0.1) is 5.92 Å². The van der Waals surface area contributed by atoms with Crippen LogP contribution in [-0.2, 0) is 6.42 Å². The van der Waals surface area contributed by atoms with Gasteiger partial charge in [-0.1, -0.05) is 0 Å². The molecule has 18 heavy (non-hydrogen) atoms. The van der Waals surface area contributed by atoms with Gasteiger partial charge >= 0.3 is 0 Å². The van der Waals surface area contributed by atoms with Gasteiger partial charge in [-0.15, -0.1) is 0 Å². The minimum atomic E-state index is 0.294. The number of fused-ring (bicyclic) bond motifs is 1. The van der Waals surface area contributed by atoms with Crippen LogP contribution < -0.4 is 19.5 Å². The Bertz CT molecular complexity index is 427. The number of benzene rings is 1. The third-order valence-corrected chi connectivity index (χ3v) is 3.70. The molecule has 0 bridgehead atoms. The Morgan fingerprint density at radius 3 is 2.89 bits per heavy atom. The van der Waals surface area contributed by atoms with Crippen LogP contribution in [0.4, 0.5) is 0 Å². The van der Waals surface area contributed by atoms with Gasteiger partial charge < -0.3 is 19.5 Å². The summed E-state index contributed by atoms with van der Waals surface area (Å²) in [4.78, 5) is 0. The third-order valence-electron chi connectivity index (χ3n) is 3.70. The predicted octanol–water partition coefficient (Wildman–Crippen LogP) is 1.97. The maximum absolute atomic E-state index is 5.46. The second kappa shape index (κ2) is 5.06. The van der Waals surface area contributed by atoms with Gasteiger partial charge in [-0.05, 0) is 56.0 Å². The van der Waals surface area contributed by atoms with Crippen LogP contribution in [-0.4, -0.2) is 27.0 Å². The number of rotatable bonds is 3. The number of ether oxygens (including phenoxy) is 3. The van der Waals surface area contributed by atoms with E-state index in [4.69, 9.17) is 14.2 Å². The smallest absolute Gasteiger partial charge is 0.231 e. The monoisotopic (exact) mass is 249 g/mol. The van der Waals surface area contributed by atoms with E-state index in [-0.39, 0.29) is 0 Å². The molecule has 1 fully saturated rings. The van der Waals surface area contributed by atoms with Crippen LogP contribution >= 0.6 is 0 Å². The average Bonchev–Trinajstić information content (AvgIpc) is 2.87. The van der Waals surface area contributed by atoms with Gasteiger partial charge in [-0.3, -0.25) is 0 Å². The molecule has 0 aliphatic carbocycles. The lowest BCUT2D eigenvalue weighted by atomic mass is 9.91. The van der Waals surface area contributed by atoms with Crippen molar-refractivity contribution in [1.29, 1.82) is 0 Å². The molecular formula is C14H19NO3. The van der Waals surface area contributed by atoms with E-state index in [1.54, 1.807) is 7.11 Å². The van der Waals surface area contributed by atoms with E-state index in [1.807, 2.05) is 0 Å². The van der Waals surface area contributed by atoms with Gasteiger partial charge in [0.2, 0.25) is 12.5 Å². The van der Waals surface area contributed by atoms with Gasteiger partial charge in [0.05, 0.1) is 7.11 Å². The molecule has 98 valence electrons. The van der Waals surface area contributed by atoms with Crippen molar-refractivity contribution in [3.63, 3.8) is 0 Å².